The number of piperazine rings is 1. The van der Waals surface area contributed by atoms with Crippen LogP contribution in [-0.2, 0) is 22.2 Å². The molecule has 5 rings (SSSR count). The van der Waals surface area contributed by atoms with Gasteiger partial charge in [0, 0.05) is 53.9 Å². The van der Waals surface area contributed by atoms with Gasteiger partial charge in [0.25, 0.3) is 0 Å². The molecule has 1 saturated heterocycles. The second-order valence-corrected chi connectivity index (χ2v) is 10.8. The van der Waals surface area contributed by atoms with Gasteiger partial charge in [-0.2, -0.15) is 18.2 Å². The molecule has 1 aromatic heterocycles. The zero-order chi connectivity index (χ0) is 27.2. The Hall–Kier alpha value is -2.67. The molecule has 0 saturated carbocycles. The van der Waals surface area contributed by atoms with E-state index in [1.165, 1.54) is 35.6 Å². The summed E-state index contributed by atoms with van der Waals surface area (Å²) in [4.78, 5) is 20.0. The van der Waals surface area contributed by atoms with Crippen molar-refractivity contribution in [2.75, 3.05) is 37.6 Å². The molecule has 3 aromatic rings. The molecule has 1 fully saturated rings. The number of benzene rings is 2. The fraction of sp³-hybridized carbons (Fsp3) is 0.462. The van der Waals surface area contributed by atoms with Crippen LogP contribution in [0.15, 0.2) is 40.0 Å². The standard InChI is InChI=1S/C26H28F4N4O3S/c1-14-9-33(10-15(2)31-14)24-19-8-20(26(28,29)30)21(16-4-6-17(27)7-5-16)23-22(19)34(25(35)32-24)11-18(12-38-23)37-13-36-3/h4-8,14-15,18,31H,9-13H2,1-3H3. The number of methoxy groups -OCH3 is 1. The van der Waals surface area contributed by atoms with Crippen LogP contribution in [0.4, 0.5) is 23.4 Å². The number of hydrogen-bond donors (Lipinski definition) is 1. The molecule has 3 atom stereocenters. The van der Waals surface area contributed by atoms with Crippen molar-refractivity contribution in [3.8, 4) is 11.1 Å². The zero-order valence-electron chi connectivity index (χ0n) is 21.1. The summed E-state index contributed by atoms with van der Waals surface area (Å²) < 4.78 is 69.9. The third-order valence-electron chi connectivity index (χ3n) is 6.72. The predicted octanol–water partition coefficient (Wildman–Crippen LogP) is 4.50. The monoisotopic (exact) mass is 552 g/mol. The highest BCUT2D eigenvalue weighted by Gasteiger charge is 2.39. The third-order valence-corrected chi connectivity index (χ3v) is 7.94. The van der Waals surface area contributed by atoms with E-state index in [4.69, 9.17) is 9.47 Å². The lowest BCUT2D eigenvalue weighted by atomic mass is 9.96. The number of anilines is 1. The van der Waals surface area contributed by atoms with E-state index in [0.717, 1.165) is 18.2 Å². The highest BCUT2D eigenvalue weighted by atomic mass is 32.2. The van der Waals surface area contributed by atoms with Crippen molar-refractivity contribution in [2.24, 2.45) is 0 Å². The van der Waals surface area contributed by atoms with Crippen LogP contribution < -0.4 is 15.9 Å². The van der Waals surface area contributed by atoms with E-state index in [9.17, 15) is 22.4 Å². The number of nitrogens with one attached hydrogen (secondary N) is 1. The van der Waals surface area contributed by atoms with Gasteiger partial charge in [0.2, 0.25) is 0 Å². The largest absolute Gasteiger partial charge is 0.417 e. The van der Waals surface area contributed by atoms with Gasteiger partial charge in [-0.3, -0.25) is 4.57 Å². The summed E-state index contributed by atoms with van der Waals surface area (Å²) in [7, 11) is 1.47. The van der Waals surface area contributed by atoms with Crippen LogP contribution in [0.2, 0.25) is 0 Å². The summed E-state index contributed by atoms with van der Waals surface area (Å²) in [6.45, 7) is 5.01. The molecule has 2 aliphatic heterocycles. The summed E-state index contributed by atoms with van der Waals surface area (Å²) in [5.74, 6) is -0.0396. The van der Waals surface area contributed by atoms with E-state index >= 15 is 0 Å². The average Bonchev–Trinajstić information content (AvgIpc) is 3.05. The molecule has 2 aliphatic rings. The molecule has 3 unspecified atom stereocenters. The molecular weight excluding hydrogens is 524 g/mol. The predicted molar refractivity (Wildman–Crippen MR) is 138 cm³/mol. The van der Waals surface area contributed by atoms with Crippen molar-refractivity contribution in [2.45, 2.75) is 49.7 Å². The number of rotatable bonds is 5. The Bertz CT molecular complexity index is 1390. The van der Waals surface area contributed by atoms with Crippen molar-refractivity contribution in [3.63, 3.8) is 0 Å². The highest BCUT2D eigenvalue weighted by molar-refractivity contribution is 7.99. The first-order valence-corrected chi connectivity index (χ1v) is 13.2. The molecule has 0 bridgehead atoms. The second kappa shape index (κ2) is 10.5. The lowest BCUT2D eigenvalue weighted by molar-refractivity contribution is -0.137. The summed E-state index contributed by atoms with van der Waals surface area (Å²) in [5, 5.41) is 3.65. The molecule has 204 valence electrons. The Balaban J connectivity index is 1.84. The van der Waals surface area contributed by atoms with Crippen molar-refractivity contribution < 1.29 is 27.0 Å². The summed E-state index contributed by atoms with van der Waals surface area (Å²) in [5.41, 5.74) is -0.929. The van der Waals surface area contributed by atoms with Crippen molar-refractivity contribution in [1.29, 1.82) is 0 Å². The Morgan fingerprint density at radius 3 is 2.45 bits per heavy atom. The quantitative estimate of drug-likeness (QED) is 0.369. The zero-order valence-corrected chi connectivity index (χ0v) is 22.0. The van der Waals surface area contributed by atoms with E-state index in [1.807, 2.05) is 18.7 Å². The second-order valence-electron chi connectivity index (χ2n) is 9.74. The fourth-order valence-corrected chi connectivity index (χ4v) is 6.55. The lowest BCUT2D eigenvalue weighted by Gasteiger charge is -2.37. The molecule has 0 spiro atoms. The van der Waals surface area contributed by atoms with Gasteiger partial charge in [0.15, 0.2) is 0 Å². The molecule has 0 aliphatic carbocycles. The van der Waals surface area contributed by atoms with Gasteiger partial charge in [0.05, 0.1) is 23.7 Å². The van der Waals surface area contributed by atoms with E-state index in [-0.39, 0.29) is 53.5 Å². The van der Waals surface area contributed by atoms with E-state index in [2.05, 4.69) is 10.3 Å². The minimum Gasteiger partial charge on any atom is -0.359 e. The van der Waals surface area contributed by atoms with Crippen molar-refractivity contribution >= 4 is 28.5 Å². The van der Waals surface area contributed by atoms with Gasteiger partial charge in [-0.25, -0.2) is 9.18 Å². The van der Waals surface area contributed by atoms with Crippen LogP contribution in [0.3, 0.4) is 0 Å². The smallest absolute Gasteiger partial charge is 0.359 e. The maximum atomic E-state index is 14.7. The normalized spacial score (nSPS) is 22.1. The maximum Gasteiger partial charge on any atom is 0.417 e. The van der Waals surface area contributed by atoms with Gasteiger partial charge < -0.3 is 19.7 Å². The average molecular weight is 553 g/mol. The van der Waals surface area contributed by atoms with Crippen LogP contribution in [0.5, 0.6) is 0 Å². The van der Waals surface area contributed by atoms with Crippen molar-refractivity contribution in [1.82, 2.24) is 14.9 Å². The SMILES string of the molecule is COCOC1CSc2c(-c3ccc(F)cc3)c(C(F)(F)F)cc3c(N4CC(C)NC(C)C4)nc(=O)n(c23)C1. The number of thioether (sulfide) groups is 1. The third kappa shape index (κ3) is 5.14. The summed E-state index contributed by atoms with van der Waals surface area (Å²) in [6.07, 6.45) is -5.22. The number of ether oxygens (including phenoxy) is 2. The molecule has 3 heterocycles. The van der Waals surface area contributed by atoms with Crippen LogP contribution in [0, 0.1) is 5.82 Å². The Kier molecular flexibility index (Phi) is 7.42. The summed E-state index contributed by atoms with van der Waals surface area (Å²) in [6, 6.07) is 6.11. The minimum atomic E-state index is -4.71. The fourth-order valence-electron chi connectivity index (χ4n) is 5.27. The van der Waals surface area contributed by atoms with E-state index < -0.39 is 29.4 Å². The lowest BCUT2D eigenvalue weighted by Crippen LogP contribution is -2.55. The first kappa shape index (κ1) is 26.9. The Morgan fingerprint density at radius 1 is 1.13 bits per heavy atom. The van der Waals surface area contributed by atoms with Gasteiger partial charge in [-0.15, -0.1) is 11.8 Å². The number of nitrogens with zero attached hydrogens (tertiary/aromatic N) is 3. The van der Waals surface area contributed by atoms with Gasteiger partial charge in [-0.1, -0.05) is 12.1 Å². The number of alkyl halides is 3. The minimum absolute atomic E-state index is 0.0276. The maximum absolute atomic E-state index is 14.7. The van der Waals surface area contributed by atoms with Crippen LogP contribution in [0.25, 0.3) is 22.0 Å². The molecule has 0 radical (unpaired) electrons. The molecule has 7 nitrogen and oxygen atoms in total. The van der Waals surface area contributed by atoms with Crippen LogP contribution in [-0.4, -0.2) is 60.5 Å². The molecule has 12 heteroatoms. The van der Waals surface area contributed by atoms with E-state index in [1.54, 1.807) is 0 Å². The number of halogens is 4. The molecule has 2 aromatic carbocycles. The first-order valence-electron chi connectivity index (χ1n) is 12.3. The molecule has 38 heavy (non-hydrogen) atoms. The topological polar surface area (TPSA) is 68.6 Å². The molecule has 1 N–H and O–H groups in total. The molecule has 0 amide bonds. The molecular formula is C26H28F4N4O3S. The van der Waals surface area contributed by atoms with Gasteiger partial charge >= 0.3 is 11.9 Å². The van der Waals surface area contributed by atoms with Gasteiger partial charge in [-0.05, 0) is 37.6 Å². The van der Waals surface area contributed by atoms with Crippen molar-refractivity contribution in [3.05, 3.63) is 52.2 Å². The summed E-state index contributed by atoms with van der Waals surface area (Å²) >= 11 is 1.19. The number of hydrogen-bond acceptors (Lipinski definition) is 7. The van der Waals surface area contributed by atoms with Crippen LogP contribution >= 0.6 is 11.8 Å². The van der Waals surface area contributed by atoms with Crippen LogP contribution in [0.1, 0.15) is 19.4 Å². The highest BCUT2D eigenvalue weighted by Crippen LogP contribution is 2.48. The first-order chi connectivity index (χ1) is 18.1. The van der Waals surface area contributed by atoms with Gasteiger partial charge in [0.1, 0.15) is 18.4 Å². The Labute approximate surface area is 221 Å². The number of aromatic nitrogens is 2. The Morgan fingerprint density at radius 2 is 1.82 bits per heavy atom. The van der Waals surface area contributed by atoms with E-state index in [0.29, 0.717) is 23.5 Å².